The second-order valence-corrected chi connectivity index (χ2v) is 19.4. The number of alkyl halides is 1. The summed E-state index contributed by atoms with van der Waals surface area (Å²) in [6.07, 6.45) is 6.50. The van der Waals surface area contributed by atoms with Gasteiger partial charge in [0.2, 0.25) is 0 Å². The van der Waals surface area contributed by atoms with Crippen molar-refractivity contribution in [2.75, 3.05) is 62.7 Å². The molecule has 60 heavy (non-hydrogen) atoms. The van der Waals surface area contributed by atoms with E-state index in [-0.39, 0.29) is 51.9 Å². The van der Waals surface area contributed by atoms with E-state index in [0.717, 1.165) is 80.0 Å². The largest absolute Gasteiger partial charge is 0.456 e. The Morgan fingerprint density at radius 2 is 1.73 bits per heavy atom. The number of benzene rings is 3. The number of piperazine rings is 1. The highest BCUT2D eigenvalue weighted by atomic mass is 35.5. The first-order valence-corrected chi connectivity index (χ1v) is 22.6. The SMILES string of the molecule is CC1(C)CCC(CN2CCN(c3ccc(C(=O)NS(=O)(=O)c4cnc(NCC5(F)CCOCC5)c(Cl)c4)c(Oc4cccc5c4C=NC5)c3)CC2)=C(c2ccc(Cl)cc2)C1. The molecule has 0 atom stereocenters. The third kappa shape index (κ3) is 9.66. The average molecular weight is 876 g/mol. The molecular weight excluding hydrogens is 827 g/mol. The molecule has 1 aromatic heterocycles. The van der Waals surface area contributed by atoms with Crippen molar-refractivity contribution in [3.63, 3.8) is 0 Å². The van der Waals surface area contributed by atoms with E-state index in [2.05, 4.69) is 55.8 Å². The van der Waals surface area contributed by atoms with Crippen LogP contribution in [-0.2, 0) is 21.3 Å². The first-order valence-electron chi connectivity index (χ1n) is 20.4. The first kappa shape index (κ1) is 42.2. The second-order valence-electron chi connectivity index (χ2n) is 16.8. The summed E-state index contributed by atoms with van der Waals surface area (Å²) in [5, 5.41) is 3.59. The van der Waals surface area contributed by atoms with Gasteiger partial charge >= 0.3 is 0 Å². The van der Waals surface area contributed by atoms with Gasteiger partial charge in [-0.1, -0.05) is 66.9 Å². The van der Waals surface area contributed by atoms with Gasteiger partial charge in [0.15, 0.2) is 0 Å². The molecule has 11 nitrogen and oxygen atoms in total. The highest BCUT2D eigenvalue weighted by molar-refractivity contribution is 7.90. The molecule has 8 rings (SSSR count). The van der Waals surface area contributed by atoms with Crippen LogP contribution in [0.1, 0.15) is 73.0 Å². The Balaban J connectivity index is 0.991. The van der Waals surface area contributed by atoms with E-state index in [0.29, 0.717) is 25.5 Å². The molecule has 0 saturated carbocycles. The van der Waals surface area contributed by atoms with E-state index < -0.39 is 21.6 Å². The molecule has 0 radical (unpaired) electrons. The number of nitrogens with one attached hydrogen (secondary N) is 2. The van der Waals surface area contributed by atoms with Crippen molar-refractivity contribution < 1.29 is 27.1 Å². The number of aliphatic imine (C=N–C) groups is 1. The molecule has 2 N–H and O–H groups in total. The number of hydrogen-bond donors (Lipinski definition) is 2. The number of rotatable bonds is 12. The van der Waals surface area contributed by atoms with Gasteiger partial charge in [-0.3, -0.25) is 14.7 Å². The molecule has 2 fully saturated rings. The van der Waals surface area contributed by atoms with Gasteiger partial charge in [-0.2, -0.15) is 0 Å². The molecule has 0 bridgehead atoms. The maximum atomic E-state index is 15.1. The number of allylic oxidation sites excluding steroid dienone is 1. The number of fused-ring (bicyclic) bond motifs is 1. The fourth-order valence-electron chi connectivity index (χ4n) is 8.28. The fourth-order valence-corrected chi connectivity index (χ4v) is 9.64. The van der Waals surface area contributed by atoms with Crippen LogP contribution in [0.3, 0.4) is 0 Å². The zero-order chi connectivity index (χ0) is 42.1. The summed E-state index contributed by atoms with van der Waals surface area (Å²) in [5.74, 6) is -0.0552. The average Bonchev–Trinajstić information content (AvgIpc) is 3.72. The first-order chi connectivity index (χ1) is 28.7. The van der Waals surface area contributed by atoms with Crippen molar-refractivity contribution in [2.24, 2.45) is 10.4 Å². The van der Waals surface area contributed by atoms with Gasteiger partial charge in [-0.05, 0) is 77.8 Å². The Hall–Kier alpha value is -4.53. The topological polar surface area (TPSA) is 125 Å². The van der Waals surface area contributed by atoms with Crippen LogP contribution in [0.25, 0.3) is 5.57 Å². The quantitative estimate of drug-likeness (QED) is 0.144. The summed E-state index contributed by atoms with van der Waals surface area (Å²) in [6.45, 7) is 9.86. The Morgan fingerprint density at radius 1 is 0.967 bits per heavy atom. The maximum Gasteiger partial charge on any atom is 0.268 e. The summed E-state index contributed by atoms with van der Waals surface area (Å²) < 4.78 is 56.2. The van der Waals surface area contributed by atoms with Crippen LogP contribution in [0.4, 0.5) is 15.9 Å². The maximum absolute atomic E-state index is 15.1. The Bertz CT molecular complexity index is 2430. The summed E-state index contributed by atoms with van der Waals surface area (Å²) in [7, 11) is -4.44. The zero-order valence-electron chi connectivity index (χ0n) is 33.8. The summed E-state index contributed by atoms with van der Waals surface area (Å²) in [6, 6.07) is 20.2. The molecule has 3 aliphatic heterocycles. The number of ether oxygens (including phenoxy) is 2. The minimum absolute atomic E-state index is 0.0254. The van der Waals surface area contributed by atoms with E-state index >= 15 is 4.39 Å². The Labute approximate surface area is 361 Å². The predicted octanol–water partition coefficient (Wildman–Crippen LogP) is 8.95. The lowest BCUT2D eigenvalue weighted by Crippen LogP contribution is -2.47. The number of nitrogens with zero attached hydrogens (tertiary/aromatic N) is 4. The lowest BCUT2D eigenvalue weighted by molar-refractivity contribution is -0.00119. The van der Waals surface area contributed by atoms with Gasteiger partial charge in [0, 0.05) is 93.5 Å². The van der Waals surface area contributed by atoms with Gasteiger partial charge in [-0.25, -0.2) is 22.5 Å². The Morgan fingerprint density at radius 3 is 2.48 bits per heavy atom. The monoisotopic (exact) mass is 874 g/mol. The highest BCUT2D eigenvalue weighted by Crippen LogP contribution is 2.43. The Kier molecular flexibility index (Phi) is 12.3. The number of amides is 1. The minimum atomic E-state index is -4.44. The molecular formula is C45H49Cl2FN6O5S. The van der Waals surface area contributed by atoms with Crippen molar-refractivity contribution in [1.82, 2.24) is 14.6 Å². The molecule has 2 saturated heterocycles. The molecule has 4 aromatic rings. The van der Waals surface area contributed by atoms with Crippen molar-refractivity contribution in [1.29, 1.82) is 0 Å². The van der Waals surface area contributed by atoms with Crippen LogP contribution in [0.15, 0.2) is 88.4 Å². The zero-order valence-corrected chi connectivity index (χ0v) is 36.1. The smallest absolute Gasteiger partial charge is 0.268 e. The third-order valence-electron chi connectivity index (χ3n) is 11.9. The third-order valence-corrected chi connectivity index (χ3v) is 13.8. The number of hydrogen-bond acceptors (Lipinski definition) is 10. The molecule has 316 valence electrons. The van der Waals surface area contributed by atoms with Crippen LogP contribution in [-0.4, -0.2) is 88.6 Å². The number of carbonyl (C=O) groups is 1. The number of anilines is 2. The summed E-state index contributed by atoms with van der Waals surface area (Å²) in [4.78, 5) is 26.9. The van der Waals surface area contributed by atoms with Crippen LogP contribution in [0.2, 0.25) is 10.0 Å². The van der Waals surface area contributed by atoms with Crippen LogP contribution in [0.5, 0.6) is 11.5 Å². The molecule has 4 heterocycles. The van der Waals surface area contributed by atoms with E-state index in [1.54, 1.807) is 24.4 Å². The highest BCUT2D eigenvalue weighted by Gasteiger charge is 2.33. The lowest BCUT2D eigenvalue weighted by Gasteiger charge is -2.39. The predicted molar refractivity (Wildman–Crippen MR) is 235 cm³/mol. The number of pyridine rings is 1. The molecule has 1 aliphatic carbocycles. The van der Waals surface area contributed by atoms with Gasteiger partial charge in [-0.15, -0.1) is 0 Å². The number of aromatic nitrogens is 1. The van der Waals surface area contributed by atoms with Crippen molar-refractivity contribution in [2.45, 2.75) is 63.1 Å². The van der Waals surface area contributed by atoms with Crippen molar-refractivity contribution in [3.8, 4) is 11.5 Å². The lowest BCUT2D eigenvalue weighted by atomic mass is 9.72. The van der Waals surface area contributed by atoms with Gasteiger partial charge in [0.25, 0.3) is 15.9 Å². The molecule has 1 amide bonds. The van der Waals surface area contributed by atoms with E-state index in [4.69, 9.17) is 32.7 Å². The molecule has 0 spiro atoms. The van der Waals surface area contributed by atoms with E-state index in [1.165, 1.54) is 22.8 Å². The van der Waals surface area contributed by atoms with Gasteiger partial charge < -0.3 is 19.7 Å². The standard InChI is InChI=1S/C45H49Cl2FN6O5S/c1-44(2)13-12-32(37(24-44)30-6-8-33(46)9-7-30)28-53-16-18-54(19-17-53)34-10-11-36(41(22-34)59-40-5-3-4-31-25-49-27-38(31)40)43(55)52-60(56,57)35-23-39(47)42(50-26-35)51-29-45(48)14-20-58-21-15-45/h3-11,22-23,26-27H,12-21,24-25,28-29H2,1-2H3,(H,50,51)(H,52,55). The summed E-state index contributed by atoms with van der Waals surface area (Å²) >= 11 is 12.7. The number of halogens is 3. The van der Waals surface area contributed by atoms with Gasteiger partial charge in [0.05, 0.1) is 23.7 Å². The van der Waals surface area contributed by atoms with Crippen molar-refractivity contribution in [3.05, 3.63) is 111 Å². The van der Waals surface area contributed by atoms with Crippen LogP contribution < -0.4 is 19.7 Å². The fraction of sp³-hybridized carbons (Fsp3) is 0.400. The van der Waals surface area contributed by atoms with E-state index in [1.807, 2.05) is 30.3 Å². The van der Waals surface area contributed by atoms with E-state index in [9.17, 15) is 13.2 Å². The molecule has 3 aromatic carbocycles. The second kappa shape index (κ2) is 17.4. The van der Waals surface area contributed by atoms with Crippen LogP contribution >= 0.6 is 23.2 Å². The summed E-state index contributed by atoms with van der Waals surface area (Å²) in [5.41, 5.74) is 5.55. The van der Waals surface area contributed by atoms with Gasteiger partial charge in [0.1, 0.15) is 27.9 Å². The molecule has 15 heteroatoms. The van der Waals surface area contributed by atoms with Crippen molar-refractivity contribution >= 4 is 62.4 Å². The molecule has 4 aliphatic rings. The molecule has 0 unspecified atom stereocenters. The number of carbonyl (C=O) groups excluding carboxylic acids is 1. The normalized spacial score (nSPS) is 18.9. The minimum Gasteiger partial charge on any atom is -0.456 e. The number of sulfonamides is 1. The van der Waals surface area contributed by atoms with Crippen LogP contribution in [0, 0.1) is 5.41 Å².